The van der Waals surface area contributed by atoms with Crippen LogP contribution >= 0.6 is 0 Å². The molecule has 0 radical (unpaired) electrons. The molecule has 1 heteroatoms. The Hall–Kier alpha value is -0.460. The second-order valence-corrected chi connectivity index (χ2v) is 4.97. The minimum atomic E-state index is 0.786. The summed E-state index contributed by atoms with van der Waals surface area (Å²) >= 11 is 0. The van der Waals surface area contributed by atoms with Crippen molar-refractivity contribution in [2.24, 2.45) is 17.8 Å². The lowest BCUT2D eigenvalue weighted by Crippen LogP contribution is -2.33. The van der Waals surface area contributed by atoms with E-state index < -0.39 is 0 Å². The van der Waals surface area contributed by atoms with Crippen molar-refractivity contribution in [3.63, 3.8) is 0 Å². The molecule has 12 heavy (non-hydrogen) atoms. The van der Waals surface area contributed by atoms with Gasteiger partial charge in [0.15, 0.2) is 0 Å². The molecular formula is C11H17N. The zero-order valence-corrected chi connectivity index (χ0v) is 7.55. The third-order valence-corrected chi connectivity index (χ3v) is 4.02. The quantitative estimate of drug-likeness (QED) is 0.578. The molecule has 4 fully saturated rings. The van der Waals surface area contributed by atoms with E-state index in [0.29, 0.717) is 0 Å². The number of nitrogens with one attached hydrogen (secondary N) is 1. The first-order valence-electron chi connectivity index (χ1n) is 5.26. The average molecular weight is 163 g/mol. The van der Waals surface area contributed by atoms with E-state index in [9.17, 15) is 0 Å². The predicted octanol–water partition coefficient (Wildman–Crippen LogP) is 2.30. The van der Waals surface area contributed by atoms with Gasteiger partial charge in [-0.2, -0.15) is 0 Å². The lowest BCUT2D eigenvalue weighted by molar-refractivity contribution is 0.159. The molecule has 2 saturated carbocycles. The van der Waals surface area contributed by atoms with Gasteiger partial charge in [-0.1, -0.05) is 6.58 Å². The van der Waals surface area contributed by atoms with Gasteiger partial charge in [0.2, 0.25) is 0 Å². The van der Waals surface area contributed by atoms with Gasteiger partial charge in [0.25, 0.3) is 0 Å². The lowest BCUT2D eigenvalue weighted by atomic mass is 9.68. The molecule has 1 nitrogen and oxygen atoms in total. The molecule has 4 aliphatic rings. The maximum atomic E-state index is 4.16. The Morgan fingerprint density at radius 2 is 1.67 bits per heavy atom. The molecule has 0 amide bonds. The van der Waals surface area contributed by atoms with Gasteiger partial charge in [0, 0.05) is 11.7 Å². The standard InChI is InChI=1S/C11H17N/c1-7-10-3-8-2-9(4-10)6-11(5-8)12-7/h8-12H,1-6H2. The van der Waals surface area contributed by atoms with Crippen LogP contribution in [0.4, 0.5) is 0 Å². The summed E-state index contributed by atoms with van der Waals surface area (Å²) in [6.45, 7) is 4.16. The summed E-state index contributed by atoms with van der Waals surface area (Å²) in [6.07, 6.45) is 7.22. The zero-order chi connectivity index (χ0) is 8.13. The summed E-state index contributed by atoms with van der Waals surface area (Å²) in [4.78, 5) is 0. The van der Waals surface area contributed by atoms with Crippen molar-refractivity contribution in [3.05, 3.63) is 12.3 Å². The van der Waals surface area contributed by atoms with Crippen LogP contribution < -0.4 is 5.32 Å². The van der Waals surface area contributed by atoms with Crippen LogP contribution in [-0.2, 0) is 0 Å². The second kappa shape index (κ2) is 2.27. The second-order valence-electron chi connectivity index (χ2n) is 4.97. The van der Waals surface area contributed by atoms with Crippen molar-refractivity contribution in [1.82, 2.24) is 5.32 Å². The van der Waals surface area contributed by atoms with Crippen molar-refractivity contribution >= 4 is 0 Å². The first kappa shape index (κ1) is 6.99. The molecule has 1 N–H and O–H groups in total. The van der Waals surface area contributed by atoms with Gasteiger partial charge in [0.1, 0.15) is 0 Å². The van der Waals surface area contributed by atoms with Gasteiger partial charge >= 0.3 is 0 Å². The normalized spacial score (nSPS) is 50.5. The van der Waals surface area contributed by atoms with Crippen molar-refractivity contribution in [3.8, 4) is 0 Å². The number of fused-ring (bicyclic) bond motifs is 1. The topological polar surface area (TPSA) is 12.0 Å². The van der Waals surface area contributed by atoms with Crippen LogP contribution in [0.15, 0.2) is 12.3 Å². The van der Waals surface area contributed by atoms with E-state index >= 15 is 0 Å². The van der Waals surface area contributed by atoms with Crippen molar-refractivity contribution in [1.29, 1.82) is 0 Å². The minimum absolute atomic E-state index is 0.786. The third kappa shape index (κ3) is 0.917. The van der Waals surface area contributed by atoms with Crippen LogP contribution in [0.25, 0.3) is 0 Å². The molecule has 2 aliphatic heterocycles. The summed E-state index contributed by atoms with van der Waals surface area (Å²) in [5, 5.41) is 3.61. The van der Waals surface area contributed by atoms with E-state index in [2.05, 4.69) is 11.9 Å². The summed E-state index contributed by atoms with van der Waals surface area (Å²) in [7, 11) is 0. The number of rotatable bonds is 0. The van der Waals surface area contributed by atoms with Crippen LogP contribution in [-0.4, -0.2) is 6.04 Å². The van der Waals surface area contributed by atoms with Gasteiger partial charge in [-0.3, -0.25) is 0 Å². The van der Waals surface area contributed by atoms with E-state index in [1.54, 1.807) is 0 Å². The Morgan fingerprint density at radius 3 is 2.33 bits per heavy atom. The fourth-order valence-corrected chi connectivity index (χ4v) is 3.63. The number of hydrogen-bond acceptors (Lipinski definition) is 1. The molecule has 0 aromatic rings. The average Bonchev–Trinajstić information content (AvgIpc) is 2.16. The van der Waals surface area contributed by atoms with Gasteiger partial charge < -0.3 is 5.32 Å². The SMILES string of the molecule is C=C1NC2CC3CC(C2)CC1C3. The molecule has 4 bridgehead atoms. The maximum Gasteiger partial charge on any atom is 0.0263 e. The number of allylic oxidation sites excluding steroid dienone is 1. The third-order valence-electron chi connectivity index (χ3n) is 4.02. The Bertz CT molecular complexity index is 207. The van der Waals surface area contributed by atoms with Crippen LogP contribution in [0.3, 0.4) is 0 Å². The molecule has 2 aliphatic carbocycles. The van der Waals surface area contributed by atoms with E-state index in [1.807, 2.05) is 0 Å². The highest BCUT2D eigenvalue weighted by atomic mass is 15.0. The molecule has 2 atom stereocenters. The summed E-state index contributed by atoms with van der Waals surface area (Å²) < 4.78 is 0. The molecule has 0 aromatic heterocycles. The van der Waals surface area contributed by atoms with Crippen molar-refractivity contribution < 1.29 is 0 Å². The van der Waals surface area contributed by atoms with Crippen molar-refractivity contribution in [2.75, 3.05) is 0 Å². The fourth-order valence-electron chi connectivity index (χ4n) is 3.63. The number of hydrogen-bond donors (Lipinski definition) is 1. The summed E-state index contributed by atoms with van der Waals surface area (Å²) in [6, 6.07) is 0.786. The summed E-state index contributed by atoms with van der Waals surface area (Å²) in [5.74, 6) is 2.87. The van der Waals surface area contributed by atoms with Crippen molar-refractivity contribution in [2.45, 2.75) is 38.1 Å². The molecular weight excluding hydrogens is 146 g/mol. The molecule has 66 valence electrons. The first-order chi connectivity index (χ1) is 5.81. The Labute approximate surface area is 74.2 Å². The van der Waals surface area contributed by atoms with E-state index in [-0.39, 0.29) is 0 Å². The smallest absolute Gasteiger partial charge is 0.0263 e. The largest absolute Gasteiger partial charge is 0.386 e. The molecule has 2 saturated heterocycles. The van der Waals surface area contributed by atoms with E-state index in [1.165, 1.54) is 37.8 Å². The van der Waals surface area contributed by atoms with Gasteiger partial charge in [0.05, 0.1) is 0 Å². The molecule has 2 heterocycles. The fraction of sp³-hybridized carbons (Fsp3) is 0.818. The monoisotopic (exact) mass is 163 g/mol. The molecule has 0 aromatic carbocycles. The van der Waals surface area contributed by atoms with Crippen LogP contribution in [0.1, 0.15) is 32.1 Å². The van der Waals surface area contributed by atoms with Gasteiger partial charge in [-0.15, -0.1) is 0 Å². The van der Waals surface area contributed by atoms with Gasteiger partial charge in [-0.05, 0) is 49.9 Å². The first-order valence-corrected chi connectivity index (χ1v) is 5.26. The highest BCUT2D eigenvalue weighted by molar-refractivity contribution is 5.09. The van der Waals surface area contributed by atoms with Gasteiger partial charge in [-0.25, -0.2) is 0 Å². The van der Waals surface area contributed by atoms with Crippen LogP contribution in [0.5, 0.6) is 0 Å². The molecule has 0 spiro atoms. The highest BCUT2D eigenvalue weighted by Crippen LogP contribution is 2.47. The molecule has 4 rings (SSSR count). The maximum absolute atomic E-state index is 4.16. The van der Waals surface area contributed by atoms with E-state index in [4.69, 9.17) is 0 Å². The molecule has 2 unspecified atom stereocenters. The van der Waals surface area contributed by atoms with Crippen LogP contribution in [0.2, 0.25) is 0 Å². The predicted molar refractivity (Wildman–Crippen MR) is 49.6 cm³/mol. The Balaban J connectivity index is 1.95. The zero-order valence-electron chi connectivity index (χ0n) is 7.55. The summed E-state index contributed by atoms with van der Waals surface area (Å²) in [5.41, 5.74) is 1.35. The Morgan fingerprint density at radius 1 is 1.00 bits per heavy atom. The van der Waals surface area contributed by atoms with Crippen LogP contribution in [0, 0.1) is 17.8 Å². The highest BCUT2D eigenvalue weighted by Gasteiger charge is 2.40. The lowest BCUT2D eigenvalue weighted by Gasteiger charge is -2.37. The van der Waals surface area contributed by atoms with E-state index in [0.717, 1.165) is 23.8 Å². The minimum Gasteiger partial charge on any atom is -0.386 e. The Kier molecular flexibility index (Phi) is 1.32.